The maximum Gasteiger partial charge on any atom is 0.302 e. The molecule has 0 spiro atoms. The third-order valence-corrected chi connectivity index (χ3v) is 8.52. The van der Waals surface area contributed by atoms with Gasteiger partial charge >= 0.3 is 5.97 Å². The normalized spacial score (nSPS) is 47.9. The quantitative estimate of drug-likeness (QED) is 0.575. The topological polar surface area (TPSA) is 72.5 Å². The summed E-state index contributed by atoms with van der Waals surface area (Å²) < 4.78 is 5.51. The standard InChI is InChI=1S/C21H31NO4/c1-12(23)26-14-6-8-20(2)13(10-14)4-5-15-16(20)7-9-21(3)17(15)11-18(24)22-19(21)25/h13-17H,4-11H2,1-3H3,(H,22,24,25)/t13-,14?,15?,16?,17?,20-,21-/m0/s1. The van der Waals surface area contributed by atoms with E-state index in [0.717, 1.165) is 44.9 Å². The molecular weight excluding hydrogens is 330 g/mol. The highest BCUT2D eigenvalue weighted by atomic mass is 16.5. The third-order valence-electron chi connectivity index (χ3n) is 8.52. The number of carbonyl (C=O) groups is 3. The van der Waals surface area contributed by atoms with Gasteiger partial charge in [0.2, 0.25) is 11.8 Å². The zero-order valence-electron chi connectivity index (χ0n) is 16.2. The largest absolute Gasteiger partial charge is 0.463 e. The Kier molecular flexibility index (Phi) is 4.20. The predicted octanol–water partition coefficient (Wildman–Crippen LogP) is 3.21. The second-order valence-corrected chi connectivity index (χ2v) is 9.70. The molecule has 0 aromatic carbocycles. The molecule has 144 valence electrons. The third kappa shape index (κ3) is 2.61. The van der Waals surface area contributed by atoms with Crippen molar-refractivity contribution in [3.05, 3.63) is 0 Å². The van der Waals surface area contributed by atoms with Crippen LogP contribution in [0.2, 0.25) is 0 Å². The number of imide groups is 1. The van der Waals surface area contributed by atoms with Crippen molar-refractivity contribution in [3.8, 4) is 0 Å². The molecule has 3 aliphatic carbocycles. The van der Waals surface area contributed by atoms with Crippen LogP contribution in [0.15, 0.2) is 0 Å². The molecule has 3 saturated carbocycles. The highest BCUT2D eigenvalue weighted by molar-refractivity contribution is 6.01. The summed E-state index contributed by atoms with van der Waals surface area (Å²) in [6.45, 7) is 5.99. The first-order valence-electron chi connectivity index (χ1n) is 10.3. The molecule has 4 aliphatic rings. The molecule has 4 fully saturated rings. The first kappa shape index (κ1) is 18.0. The number of piperidine rings is 1. The highest BCUT2D eigenvalue weighted by Crippen LogP contribution is 2.64. The van der Waals surface area contributed by atoms with Crippen LogP contribution in [0.1, 0.15) is 72.1 Å². The van der Waals surface area contributed by atoms with Crippen molar-refractivity contribution in [3.63, 3.8) is 0 Å². The molecule has 1 heterocycles. The smallest absolute Gasteiger partial charge is 0.302 e. The van der Waals surface area contributed by atoms with Gasteiger partial charge in [0, 0.05) is 13.3 Å². The number of esters is 1. The summed E-state index contributed by atoms with van der Waals surface area (Å²) in [4.78, 5) is 36.0. The minimum atomic E-state index is -0.382. The highest BCUT2D eigenvalue weighted by Gasteiger charge is 2.60. The van der Waals surface area contributed by atoms with Gasteiger partial charge in [-0.25, -0.2) is 0 Å². The second kappa shape index (κ2) is 6.07. The molecule has 1 saturated heterocycles. The van der Waals surface area contributed by atoms with Crippen LogP contribution in [-0.4, -0.2) is 23.9 Å². The van der Waals surface area contributed by atoms with Gasteiger partial charge < -0.3 is 4.74 Å². The average Bonchev–Trinajstić information content (AvgIpc) is 2.56. The number of hydrogen-bond acceptors (Lipinski definition) is 4. The zero-order chi connectivity index (χ0) is 18.7. The van der Waals surface area contributed by atoms with Crippen LogP contribution >= 0.6 is 0 Å². The lowest BCUT2D eigenvalue weighted by molar-refractivity contribution is -0.170. The number of rotatable bonds is 1. The molecule has 7 atom stereocenters. The Balaban J connectivity index is 1.57. The van der Waals surface area contributed by atoms with Crippen molar-refractivity contribution in [2.45, 2.75) is 78.2 Å². The van der Waals surface area contributed by atoms with Crippen molar-refractivity contribution >= 4 is 17.8 Å². The molecule has 2 amide bonds. The van der Waals surface area contributed by atoms with Gasteiger partial charge in [-0.05, 0) is 74.0 Å². The lowest BCUT2D eigenvalue weighted by Gasteiger charge is -2.61. The number of amides is 2. The van der Waals surface area contributed by atoms with Crippen LogP contribution in [0.3, 0.4) is 0 Å². The van der Waals surface area contributed by atoms with Crippen LogP contribution < -0.4 is 5.32 Å². The molecule has 0 aromatic heterocycles. The van der Waals surface area contributed by atoms with Crippen LogP contribution in [0.4, 0.5) is 0 Å². The summed E-state index contributed by atoms with van der Waals surface area (Å²) >= 11 is 0. The van der Waals surface area contributed by atoms with E-state index in [1.54, 1.807) is 0 Å². The summed E-state index contributed by atoms with van der Waals surface area (Å²) in [6, 6.07) is 0. The first-order chi connectivity index (χ1) is 12.2. The van der Waals surface area contributed by atoms with E-state index in [1.165, 1.54) is 6.92 Å². The number of hydrogen-bond donors (Lipinski definition) is 1. The molecule has 4 unspecified atom stereocenters. The summed E-state index contributed by atoms with van der Waals surface area (Å²) in [5.74, 6) is 1.50. The first-order valence-corrected chi connectivity index (χ1v) is 10.3. The molecule has 0 aromatic rings. The molecule has 1 aliphatic heterocycles. The monoisotopic (exact) mass is 361 g/mol. The molecule has 4 rings (SSSR count). The van der Waals surface area contributed by atoms with E-state index in [1.807, 2.05) is 0 Å². The van der Waals surface area contributed by atoms with Gasteiger partial charge in [0.25, 0.3) is 0 Å². The number of carbonyl (C=O) groups excluding carboxylic acids is 3. The van der Waals surface area contributed by atoms with Crippen molar-refractivity contribution < 1.29 is 19.1 Å². The SMILES string of the molecule is CC(=O)OC1CC[C@]2(C)C3CC[C@]4(C)C(=O)NC(=O)CC4C3CC[C@H]2C1. The van der Waals surface area contributed by atoms with Crippen LogP contribution in [0, 0.1) is 34.5 Å². The number of ether oxygens (including phenoxy) is 1. The maximum atomic E-state index is 12.6. The Hall–Kier alpha value is -1.39. The van der Waals surface area contributed by atoms with E-state index in [-0.39, 0.29) is 40.6 Å². The Bertz CT molecular complexity index is 646. The van der Waals surface area contributed by atoms with Crippen LogP contribution in [0.5, 0.6) is 0 Å². The van der Waals surface area contributed by atoms with E-state index < -0.39 is 0 Å². The van der Waals surface area contributed by atoms with Gasteiger partial charge in [0.15, 0.2) is 0 Å². The Labute approximate surface area is 155 Å². The lowest BCUT2D eigenvalue weighted by atomic mass is 9.44. The fraction of sp³-hybridized carbons (Fsp3) is 0.857. The maximum absolute atomic E-state index is 12.6. The fourth-order valence-electron chi connectivity index (χ4n) is 7.06. The lowest BCUT2D eigenvalue weighted by Crippen LogP contribution is -2.61. The van der Waals surface area contributed by atoms with Crippen molar-refractivity contribution in [1.82, 2.24) is 5.32 Å². The van der Waals surface area contributed by atoms with Gasteiger partial charge in [-0.1, -0.05) is 13.8 Å². The zero-order valence-corrected chi connectivity index (χ0v) is 16.2. The van der Waals surface area contributed by atoms with Gasteiger partial charge in [-0.15, -0.1) is 0 Å². The van der Waals surface area contributed by atoms with Gasteiger partial charge in [-0.3, -0.25) is 19.7 Å². The molecule has 26 heavy (non-hydrogen) atoms. The van der Waals surface area contributed by atoms with Crippen molar-refractivity contribution in [2.24, 2.45) is 34.5 Å². The number of fused-ring (bicyclic) bond motifs is 5. The van der Waals surface area contributed by atoms with E-state index in [2.05, 4.69) is 19.2 Å². The van der Waals surface area contributed by atoms with Crippen LogP contribution in [0.25, 0.3) is 0 Å². The predicted molar refractivity (Wildman–Crippen MR) is 95.8 cm³/mol. The summed E-state index contributed by atoms with van der Waals surface area (Å²) in [5, 5.41) is 2.58. The van der Waals surface area contributed by atoms with E-state index in [0.29, 0.717) is 24.2 Å². The fourth-order valence-corrected chi connectivity index (χ4v) is 7.06. The number of nitrogens with one attached hydrogen (secondary N) is 1. The summed E-state index contributed by atoms with van der Waals surface area (Å²) in [5.41, 5.74) is -0.134. The molecule has 0 radical (unpaired) electrons. The Morgan fingerprint density at radius 2 is 1.85 bits per heavy atom. The van der Waals surface area contributed by atoms with Gasteiger partial charge in [0.05, 0.1) is 5.41 Å². The van der Waals surface area contributed by atoms with Crippen molar-refractivity contribution in [2.75, 3.05) is 0 Å². The molecule has 0 bridgehead atoms. The second-order valence-electron chi connectivity index (χ2n) is 9.70. The molecule has 5 nitrogen and oxygen atoms in total. The summed E-state index contributed by atoms with van der Waals surface area (Å²) in [6.07, 6.45) is 7.74. The summed E-state index contributed by atoms with van der Waals surface area (Å²) in [7, 11) is 0. The van der Waals surface area contributed by atoms with E-state index in [9.17, 15) is 14.4 Å². The minimum absolute atomic E-state index is 0.0527. The van der Waals surface area contributed by atoms with Gasteiger partial charge in [0.1, 0.15) is 6.10 Å². The minimum Gasteiger partial charge on any atom is -0.463 e. The average molecular weight is 361 g/mol. The Morgan fingerprint density at radius 1 is 1.08 bits per heavy atom. The molecular formula is C21H31NO4. The van der Waals surface area contributed by atoms with E-state index >= 15 is 0 Å². The van der Waals surface area contributed by atoms with E-state index in [4.69, 9.17) is 4.74 Å². The molecule has 5 heteroatoms. The van der Waals surface area contributed by atoms with Gasteiger partial charge in [-0.2, -0.15) is 0 Å². The molecule has 1 N–H and O–H groups in total. The Morgan fingerprint density at radius 3 is 2.58 bits per heavy atom. The van der Waals surface area contributed by atoms with Crippen LogP contribution in [-0.2, 0) is 19.1 Å². The van der Waals surface area contributed by atoms with Crippen molar-refractivity contribution in [1.29, 1.82) is 0 Å².